The van der Waals surface area contributed by atoms with Crippen LogP contribution in [0.4, 0.5) is 0 Å². The van der Waals surface area contributed by atoms with Crippen molar-refractivity contribution in [2.45, 2.75) is 32.4 Å². The van der Waals surface area contributed by atoms with Gasteiger partial charge in [-0.2, -0.15) is 0 Å². The summed E-state index contributed by atoms with van der Waals surface area (Å²) in [6.07, 6.45) is 1.03. The summed E-state index contributed by atoms with van der Waals surface area (Å²) in [7, 11) is 0. The van der Waals surface area contributed by atoms with Crippen molar-refractivity contribution in [3.8, 4) is 5.75 Å². The Morgan fingerprint density at radius 3 is 2.88 bits per heavy atom. The summed E-state index contributed by atoms with van der Waals surface area (Å²) >= 11 is 0. The molecular weight excluding hydrogens is 212 g/mol. The van der Waals surface area contributed by atoms with E-state index in [1.165, 1.54) is 0 Å². The van der Waals surface area contributed by atoms with E-state index in [1.54, 1.807) is 6.07 Å². The van der Waals surface area contributed by atoms with Gasteiger partial charge in [0.15, 0.2) is 0 Å². The lowest BCUT2D eigenvalue weighted by atomic mass is 10.00. The molecule has 0 radical (unpaired) electrons. The minimum Gasteiger partial charge on any atom is -0.508 e. The monoisotopic (exact) mass is 234 g/mol. The summed E-state index contributed by atoms with van der Waals surface area (Å²) in [6, 6.07) is 8.57. The van der Waals surface area contributed by atoms with Crippen molar-refractivity contribution in [2.75, 3.05) is 19.6 Å². The van der Waals surface area contributed by atoms with E-state index in [2.05, 4.69) is 24.1 Å². The van der Waals surface area contributed by atoms with E-state index in [9.17, 15) is 5.11 Å². The summed E-state index contributed by atoms with van der Waals surface area (Å²) in [4.78, 5) is 2.47. The average molecular weight is 234 g/mol. The third-order valence-electron chi connectivity index (χ3n) is 3.52. The number of aromatic hydroxyl groups is 1. The zero-order valence-electron chi connectivity index (χ0n) is 10.7. The number of benzene rings is 1. The molecule has 94 valence electrons. The van der Waals surface area contributed by atoms with Crippen LogP contribution in [-0.2, 0) is 0 Å². The molecule has 1 saturated heterocycles. The number of nitrogens with one attached hydrogen (secondary N) is 1. The van der Waals surface area contributed by atoms with E-state index in [0.717, 1.165) is 31.6 Å². The molecule has 3 heteroatoms. The van der Waals surface area contributed by atoms with Gasteiger partial charge in [0.25, 0.3) is 0 Å². The van der Waals surface area contributed by atoms with Crippen LogP contribution in [0, 0.1) is 0 Å². The van der Waals surface area contributed by atoms with Gasteiger partial charge in [-0.1, -0.05) is 25.1 Å². The molecule has 2 N–H and O–H groups in total. The Labute approximate surface area is 103 Å². The Morgan fingerprint density at radius 1 is 1.47 bits per heavy atom. The lowest BCUT2D eigenvalue weighted by Crippen LogP contribution is -2.50. The summed E-state index contributed by atoms with van der Waals surface area (Å²) in [5, 5.41) is 13.4. The van der Waals surface area contributed by atoms with Crippen LogP contribution in [0.2, 0.25) is 0 Å². The Balaban J connectivity index is 2.18. The molecule has 2 atom stereocenters. The molecule has 17 heavy (non-hydrogen) atoms. The highest BCUT2D eigenvalue weighted by molar-refractivity contribution is 5.34. The van der Waals surface area contributed by atoms with Gasteiger partial charge in [-0.3, -0.25) is 4.90 Å². The van der Waals surface area contributed by atoms with Gasteiger partial charge in [0.05, 0.1) is 0 Å². The Hall–Kier alpha value is -1.06. The lowest BCUT2D eigenvalue weighted by molar-refractivity contribution is 0.143. The molecule has 2 unspecified atom stereocenters. The predicted octanol–water partition coefficient (Wildman–Crippen LogP) is 2.14. The molecule has 1 heterocycles. The summed E-state index contributed by atoms with van der Waals surface area (Å²) in [5.74, 6) is 0.422. The van der Waals surface area contributed by atoms with Gasteiger partial charge in [0, 0.05) is 37.3 Å². The summed E-state index contributed by atoms with van der Waals surface area (Å²) < 4.78 is 0. The van der Waals surface area contributed by atoms with Crippen molar-refractivity contribution in [1.29, 1.82) is 0 Å². The molecule has 1 aliphatic rings. The van der Waals surface area contributed by atoms with Crippen molar-refractivity contribution in [3.63, 3.8) is 0 Å². The molecule has 0 aromatic heterocycles. The molecular formula is C14H22N2O. The third-order valence-corrected chi connectivity index (χ3v) is 3.52. The van der Waals surface area contributed by atoms with Crippen LogP contribution in [-0.4, -0.2) is 35.7 Å². The third kappa shape index (κ3) is 2.79. The molecule has 2 rings (SSSR count). The second-order valence-electron chi connectivity index (χ2n) is 4.83. The predicted molar refractivity (Wildman–Crippen MR) is 70.2 cm³/mol. The normalized spacial score (nSPS) is 23.5. The Kier molecular flexibility index (Phi) is 4.02. The highest BCUT2D eigenvalue weighted by atomic mass is 16.3. The van der Waals surface area contributed by atoms with Crippen LogP contribution in [0.5, 0.6) is 5.75 Å². The van der Waals surface area contributed by atoms with E-state index < -0.39 is 0 Å². The number of rotatable bonds is 3. The average Bonchev–Trinajstić information content (AvgIpc) is 2.33. The first kappa shape index (κ1) is 12.4. The van der Waals surface area contributed by atoms with Crippen molar-refractivity contribution in [3.05, 3.63) is 29.8 Å². The number of nitrogens with zero attached hydrogens (tertiary/aromatic N) is 1. The molecule has 0 saturated carbocycles. The second-order valence-corrected chi connectivity index (χ2v) is 4.83. The molecule has 1 aromatic rings. The maximum absolute atomic E-state index is 9.97. The van der Waals surface area contributed by atoms with E-state index in [0.29, 0.717) is 17.8 Å². The van der Waals surface area contributed by atoms with Gasteiger partial charge in [-0.05, 0) is 19.4 Å². The number of hydrogen-bond donors (Lipinski definition) is 2. The van der Waals surface area contributed by atoms with E-state index in [1.807, 2.05) is 18.2 Å². The fourth-order valence-electron chi connectivity index (χ4n) is 2.69. The van der Waals surface area contributed by atoms with Gasteiger partial charge in [0.1, 0.15) is 5.75 Å². The van der Waals surface area contributed by atoms with Crippen molar-refractivity contribution in [1.82, 2.24) is 10.2 Å². The van der Waals surface area contributed by atoms with Gasteiger partial charge in [-0.15, -0.1) is 0 Å². The van der Waals surface area contributed by atoms with E-state index in [-0.39, 0.29) is 0 Å². The molecule has 3 nitrogen and oxygen atoms in total. The number of phenolic OH excluding ortho intramolecular Hbond substituents is 1. The van der Waals surface area contributed by atoms with Gasteiger partial charge in [-0.25, -0.2) is 0 Å². The standard InChI is InChI=1S/C14H22N2O/c1-3-13(12-6-4-5-7-14(12)17)16-9-8-15-11(2)10-16/h4-7,11,13,15,17H,3,8-10H2,1-2H3. The molecule has 1 aliphatic heterocycles. The van der Waals surface area contributed by atoms with Gasteiger partial charge < -0.3 is 10.4 Å². The number of piperazine rings is 1. The fourth-order valence-corrected chi connectivity index (χ4v) is 2.69. The largest absolute Gasteiger partial charge is 0.508 e. The highest BCUT2D eigenvalue weighted by Crippen LogP contribution is 2.31. The van der Waals surface area contributed by atoms with Crippen molar-refractivity contribution < 1.29 is 5.11 Å². The molecule has 0 bridgehead atoms. The summed E-state index contributed by atoms with van der Waals surface area (Å²) in [5.41, 5.74) is 1.06. The van der Waals surface area contributed by atoms with Crippen LogP contribution in [0.3, 0.4) is 0 Å². The topological polar surface area (TPSA) is 35.5 Å². The number of hydrogen-bond acceptors (Lipinski definition) is 3. The van der Waals surface area contributed by atoms with Gasteiger partial charge >= 0.3 is 0 Å². The minimum absolute atomic E-state index is 0.334. The first-order valence-electron chi connectivity index (χ1n) is 6.47. The minimum atomic E-state index is 0.334. The maximum atomic E-state index is 9.97. The van der Waals surface area contributed by atoms with Crippen LogP contribution < -0.4 is 5.32 Å². The Bertz CT molecular complexity index is 367. The molecule has 0 aliphatic carbocycles. The number of phenols is 1. The van der Waals surface area contributed by atoms with Crippen LogP contribution in [0.15, 0.2) is 24.3 Å². The second kappa shape index (κ2) is 5.52. The van der Waals surface area contributed by atoms with Crippen molar-refractivity contribution >= 4 is 0 Å². The van der Waals surface area contributed by atoms with Crippen LogP contribution in [0.1, 0.15) is 31.9 Å². The lowest BCUT2D eigenvalue weighted by Gasteiger charge is -2.37. The quantitative estimate of drug-likeness (QED) is 0.841. The smallest absolute Gasteiger partial charge is 0.120 e. The first-order chi connectivity index (χ1) is 8.22. The molecule has 1 fully saturated rings. The zero-order valence-corrected chi connectivity index (χ0v) is 10.7. The van der Waals surface area contributed by atoms with Crippen LogP contribution in [0.25, 0.3) is 0 Å². The SMILES string of the molecule is CCC(c1ccccc1O)N1CCNC(C)C1. The zero-order chi connectivity index (χ0) is 12.3. The highest BCUT2D eigenvalue weighted by Gasteiger charge is 2.24. The van der Waals surface area contributed by atoms with Crippen LogP contribution >= 0.6 is 0 Å². The molecule has 1 aromatic carbocycles. The van der Waals surface area contributed by atoms with E-state index in [4.69, 9.17) is 0 Å². The fraction of sp³-hybridized carbons (Fsp3) is 0.571. The molecule has 0 spiro atoms. The van der Waals surface area contributed by atoms with Gasteiger partial charge in [0.2, 0.25) is 0 Å². The Morgan fingerprint density at radius 2 is 2.24 bits per heavy atom. The number of para-hydroxylation sites is 1. The first-order valence-corrected chi connectivity index (χ1v) is 6.47. The molecule has 0 amide bonds. The van der Waals surface area contributed by atoms with Crippen molar-refractivity contribution in [2.24, 2.45) is 0 Å². The van der Waals surface area contributed by atoms with E-state index >= 15 is 0 Å². The summed E-state index contributed by atoms with van der Waals surface area (Å²) in [6.45, 7) is 7.53. The maximum Gasteiger partial charge on any atom is 0.120 e.